The van der Waals surface area contributed by atoms with Crippen LogP contribution in [0, 0.1) is 0 Å². The fourth-order valence-electron chi connectivity index (χ4n) is 1.62. The van der Waals surface area contributed by atoms with E-state index in [1.165, 1.54) is 25.9 Å². The van der Waals surface area contributed by atoms with E-state index in [-0.39, 0.29) is 0 Å². The maximum absolute atomic E-state index is 5.62. The summed E-state index contributed by atoms with van der Waals surface area (Å²) in [5.41, 5.74) is 5.62. The van der Waals surface area contributed by atoms with Gasteiger partial charge in [0, 0.05) is 13.1 Å². The van der Waals surface area contributed by atoms with Gasteiger partial charge >= 0.3 is 0 Å². The summed E-state index contributed by atoms with van der Waals surface area (Å²) in [6.07, 6.45) is 2.40. The lowest BCUT2D eigenvalue weighted by Gasteiger charge is -2.36. The highest BCUT2D eigenvalue weighted by molar-refractivity contribution is 4.90. The summed E-state index contributed by atoms with van der Waals surface area (Å²) < 4.78 is 0. The van der Waals surface area contributed by atoms with Crippen LogP contribution in [0.4, 0.5) is 0 Å². The smallest absolute Gasteiger partial charge is 0.0912 e. The second kappa shape index (κ2) is 3.81. The van der Waals surface area contributed by atoms with Crippen LogP contribution in [0.3, 0.4) is 0 Å². The van der Waals surface area contributed by atoms with Crippen molar-refractivity contribution in [1.82, 2.24) is 9.80 Å². The molecule has 0 radical (unpaired) electrons. The lowest BCUT2D eigenvalue weighted by atomic mass is 10.0. The van der Waals surface area contributed by atoms with Crippen LogP contribution in [0.25, 0.3) is 0 Å². The van der Waals surface area contributed by atoms with Gasteiger partial charge in [-0.1, -0.05) is 6.58 Å². The van der Waals surface area contributed by atoms with Crippen molar-refractivity contribution >= 4 is 0 Å². The molecule has 0 aromatic rings. The summed E-state index contributed by atoms with van der Waals surface area (Å²) >= 11 is 0. The number of piperidine rings is 1. The Morgan fingerprint density at radius 3 is 2.42 bits per heavy atom. The lowest BCUT2D eigenvalue weighted by Crippen LogP contribution is -2.42. The first kappa shape index (κ1) is 9.39. The molecule has 2 N–H and O–H groups in total. The maximum Gasteiger partial charge on any atom is 0.0912 e. The van der Waals surface area contributed by atoms with Gasteiger partial charge in [0.1, 0.15) is 0 Å². The van der Waals surface area contributed by atoms with Crippen molar-refractivity contribution in [2.75, 3.05) is 27.2 Å². The van der Waals surface area contributed by atoms with Crippen LogP contribution in [-0.2, 0) is 0 Å². The molecule has 0 amide bonds. The van der Waals surface area contributed by atoms with E-state index in [2.05, 4.69) is 23.4 Å². The van der Waals surface area contributed by atoms with Gasteiger partial charge in [-0.15, -0.1) is 0 Å². The summed E-state index contributed by atoms with van der Waals surface area (Å²) in [5.74, 6) is 0.685. The molecule has 1 heterocycles. The standard InChI is InChI=1S/C9H19N3/c1-8(10)12(3)9-4-6-11(2)7-5-9/h9H,1,4-7,10H2,2-3H3. The molecule has 1 fully saturated rings. The van der Waals surface area contributed by atoms with Crippen LogP contribution in [0.1, 0.15) is 12.8 Å². The van der Waals surface area contributed by atoms with Gasteiger partial charge in [0.05, 0.1) is 5.82 Å². The predicted octanol–water partition coefficient (Wildman–Crippen LogP) is 0.442. The molecule has 70 valence electrons. The molecule has 0 saturated carbocycles. The topological polar surface area (TPSA) is 32.5 Å². The van der Waals surface area contributed by atoms with E-state index in [0.29, 0.717) is 11.9 Å². The second-order valence-electron chi connectivity index (χ2n) is 3.64. The molecule has 0 aromatic carbocycles. The third kappa shape index (κ3) is 2.14. The van der Waals surface area contributed by atoms with Gasteiger partial charge in [-0.2, -0.15) is 0 Å². The Labute approximate surface area is 74.8 Å². The molecular formula is C9H19N3. The van der Waals surface area contributed by atoms with Crippen molar-refractivity contribution in [3.63, 3.8) is 0 Å². The van der Waals surface area contributed by atoms with Crippen molar-refractivity contribution < 1.29 is 0 Å². The Kier molecular flexibility index (Phi) is 2.98. The van der Waals surface area contributed by atoms with E-state index >= 15 is 0 Å². The van der Waals surface area contributed by atoms with Crippen LogP contribution in [0.2, 0.25) is 0 Å². The summed E-state index contributed by atoms with van der Waals surface area (Å²) in [6.45, 7) is 6.08. The number of nitrogens with two attached hydrogens (primary N) is 1. The Morgan fingerprint density at radius 1 is 1.50 bits per heavy atom. The molecule has 1 aliphatic heterocycles. The SMILES string of the molecule is C=C(N)N(C)C1CCN(C)CC1. The average molecular weight is 169 g/mol. The summed E-state index contributed by atoms with van der Waals surface area (Å²) in [7, 11) is 4.19. The minimum Gasteiger partial charge on any atom is -0.386 e. The highest BCUT2D eigenvalue weighted by Gasteiger charge is 2.19. The minimum atomic E-state index is 0.596. The molecule has 0 atom stereocenters. The molecule has 1 aliphatic rings. The van der Waals surface area contributed by atoms with Gasteiger partial charge in [0.15, 0.2) is 0 Å². The Bertz CT molecular complexity index is 159. The molecule has 1 saturated heterocycles. The van der Waals surface area contributed by atoms with Gasteiger partial charge in [-0.3, -0.25) is 0 Å². The molecule has 0 unspecified atom stereocenters. The second-order valence-corrected chi connectivity index (χ2v) is 3.64. The lowest BCUT2D eigenvalue weighted by molar-refractivity contribution is 0.170. The summed E-state index contributed by atoms with van der Waals surface area (Å²) in [5, 5.41) is 0. The number of rotatable bonds is 2. The summed E-state index contributed by atoms with van der Waals surface area (Å²) in [6, 6.07) is 0.596. The van der Waals surface area contributed by atoms with E-state index in [1.807, 2.05) is 7.05 Å². The van der Waals surface area contributed by atoms with Crippen molar-refractivity contribution in [3.05, 3.63) is 12.4 Å². The predicted molar refractivity (Wildman–Crippen MR) is 51.6 cm³/mol. The van der Waals surface area contributed by atoms with Gasteiger partial charge < -0.3 is 15.5 Å². The van der Waals surface area contributed by atoms with Gasteiger partial charge in [0.25, 0.3) is 0 Å². The molecule has 3 nitrogen and oxygen atoms in total. The van der Waals surface area contributed by atoms with E-state index in [4.69, 9.17) is 5.73 Å². The normalized spacial score (nSPS) is 20.8. The van der Waals surface area contributed by atoms with Crippen LogP contribution in [0.5, 0.6) is 0 Å². The van der Waals surface area contributed by atoms with Crippen LogP contribution >= 0.6 is 0 Å². The quantitative estimate of drug-likeness (QED) is 0.651. The zero-order valence-corrected chi connectivity index (χ0v) is 8.08. The number of hydrogen-bond donors (Lipinski definition) is 1. The van der Waals surface area contributed by atoms with Gasteiger partial charge in [-0.05, 0) is 33.0 Å². The molecule has 0 aliphatic carbocycles. The van der Waals surface area contributed by atoms with E-state index in [9.17, 15) is 0 Å². The first-order valence-electron chi connectivity index (χ1n) is 4.47. The molecule has 0 bridgehead atoms. The molecule has 0 spiro atoms. The van der Waals surface area contributed by atoms with Crippen molar-refractivity contribution in [2.45, 2.75) is 18.9 Å². The maximum atomic E-state index is 5.62. The van der Waals surface area contributed by atoms with Gasteiger partial charge in [-0.25, -0.2) is 0 Å². The van der Waals surface area contributed by atoms with Crippen LogP contribution in [0.15, 0.2) is 12.4 Å². The zero-order valence-electron chi connectivity index (χ0n) is 8.08. The highest BCUT2D eigenvalue weighted by atomic mass is 15.2. The fraction of sp³-hybridized carbons (Fsp3) is 0.778. The minimum absolute atomic E-state index is 0.596. The third-order valence-corrected chi connectivity index (χ3v) is 2.69. The van der Waals surface area contributed by atoms with Crippen molar-refractivity contribution in [1.29, 1.82) is 0 Å². The molecule has 3 heteroatoms. The highest BCUT2D eigenvalue weighted by Crippen LogP contribution is 2.15. The molecular weight excluding hydrogens is 150 g/mol. The van der Waals surface area contributed by atoms with E-state index in [1.54, 1.807) is 0 Å². The Balaban J connectivity index is 2.39. The van der Waals surface area contributed by atoms with Gasteiger partial charge in [0.2, 0.25) is 0 Å². The monoisotopic (exact) mass is 169 g/mol. The van der Waals surface area contributed by atoms with Crippen LogP contribution in [-0.4, -0.2) is 43.0 Å². The molecule has 1 rings (SSSR count). The number of likely N-dealkylation sites (tertiary alicyclic amines) is 1. The number of nitrogens with zero attached hydrogens (tertiary/aromatic N) is 2. The first-order valence-corrected chi connectivity index (χ1v) is 4.47. The average Bonchev–Trinajstić information content (AvgIpc) is 2.04. The summed E-state index contributed by atoms with van der Waals surface area (Å²) in [4.78, 5) is 4.44. The molecule has 12 heavy (non-hydrogen) atoms. The van der Waals surface area contributed by atoms with Crippen molar-refractivity contribution in [2.24, 2.45) is 5.73 Å². The van der Waals surface area contributed by atoms with E-state index < -0.39 is 0 Å². The largest absolute Gasteiger partial charge is 0.386 e. The fourth-order valence-corrected chi connectivity index (χ4v) is 1.62. The third-order valence-electron chi connectivity index (χ3n) is 2.69. The molecule has 0 aromatic heterocycles. The first-order chi connectivity index (χ1) is 5.61. The Morgan fingerprint density at radius 2 is 2.00 bits per heavy atom. The van der Waals surface area contributed by atoms with Crippen LogP contribution < -0.4 is 5.73 Å². The Hall–Kier alpha value is -0.700. The number of hydrogen-bond acceptors (Lipinski definition) is 3. The van der Waals surface area contributed by atoms with Crippen molar-refractivity contribution in [3.8, 4) is 0 Å². The zero-order chi connectivity index (χ0) is 9.14. The van der Waals surface area contributed by atoms with E-state index in [0.717, 1.165) is 0 Å².